The van der Waals surface area contributed by atoms with Crippen LogP contribution in [0.25, 0.3) is 0 Å². The fourth-order valence-corrected chi connectivity index (χ4v) is 4.77. The molecule has 2 aliphatic rings. The van der Waals surface area contributed by atoms with Crippen molar-refractivity contribution in [2.24, 2.45) is 17.3 Å². The molecule has 0 aliphatic heterocycles. The molecule has 6 nitrogen and oxygen atoms in total. The Balaban J connectivity index is 2.10. The average Bonchev–Trinajstić information content (AvgIpc) is 2.77. The maximum atomic E-state index is 12.5. The van der Waals surface area contributed by atoms with Crippen molar-refractivity contribution in [1.29, 1.82) is 21.2 Å². The maximum absolute atomic E-state index is 12.5. The molecule has 1 aromatic rings. The minimum absolute atomic E-state index is 0.259. The number of methoxy groups -OCH3 is 1. The molecular weight excluding hydrogens is 421 g/mol. The Morgan fingerprint density at radius 1 is 1.22 bits per heavy atom. The summed E-state index contributed by atoms with van der Waals surface area (Å²) in [6.45, 7) is -1.80. The van der Waals surface area contributed by atoms with Gasteiger partial charge in [0.2, 0.25) is 0 Å². The van der Waals surface area contributed by atoms with Crippen LogP contribution in [0.3, 0.4) is 0 Å². The summed E-state index contributed by atoms with van der Waals surface area (Å²) in [7, 11) is 1.38. The van der Waals surface area contributed by atoms with E-state index in [1.807, 2.05) is 18.2 Å². The van der Waals surface area contributed by atoms with Gasteiger partial charge in [0.1, 0.15) is 18.3 Å². The first-order valence-electron chi connectivity index (χ1n) is 10.0. The number of rotatable bonds is 5. The molecule has 0 bridgehead atoms. The summed E-state index contributed by atoms with van der Waals surface area (Å²) >= 11 is 0. The molecule has 0 amide bonds. The van der Waals surface area contributed by atoms with Crippen LogP contribution < -0.4 is 4.74 Å². The van der Waals surface area contributed by atoms with Crippen molar-refractivity contribution in [3.05, 3.63) is 41.0 Å². The minimum Gasteiger partial charge on any atom is -0.496 e. The van der Waals surface area contributed by atoms with Gasteiger partial charge in [-0.3, -0.25) is 0 Å². The zero-order chi connectivity index (χ0) is 23.5. The summed E-state index contributed by atoms with van der Waals surface area (Å²) in [6, 6.07) is 10.9. The second kappa shape index (κ2) is 9.02. The topological polar surface area (TPSA) is 114 Å². The molecule has 0 unspecified atom stereocenters. The van der Waals surface area contributed by atoms with Gasteiger partial charge in [-0.15, -0.1) is 0 Å². The molecule has 3 atom stereocenters. The molecule has 0 spiro atoms. The molecule has 1 aromatic carbocycles. The van der Waals surface area contributed by atoms with Crippen LogP contribution in [0.1, 0.15) is 36.3 Å². The van der Waals surface area contributed by atoms with E-state index in [4.69, 9.17) is 14.9 Å². The highest BCUT2D eigenvalue weighted by molar-refractivity contribution is 6.00. The molecule has 1 N–H and O–H groups in total. The summed E-state index contributed by atoms with van der Waals surface area (Å²) in [5, 5.41) is 38.3. The number of halogens is 3. The van der Waals surface area contributed by atoms with Gasteiger partial charge in [0.25, 0.3) is 0 Å². The lowest BCUT2D eigenvalue weighted by Gasteiger charge is -2.45. The van der Waals surface area contributed by atoms with Gasteiger partial charge in [-0.2, -0.15) is 29.0 Å². The van der Waals surface area contributed by atoms with E-state index < -0.39 is 30.0 Å². The normalized spacial score (nSPS) is 24.3. The highest BCUT2D eigenvalue weighted by Gasteiger charge is 2.57. The zero-order valence-electron chi connectivity index (χ0n) is 17.4. The Morgan fingerprint density at radius 3 is 2.53 bits per heavy atom. The second-order valence-corrected chi connectivity index (χ2v) is 7.91. The van der Waals surface area contributed by atoms with Gasteiger partial charge < -0.3 is 14.9 Å². The Kier molecular flexibility index (Phi) is 6.57. The number of hydrogen-bond donors (Lipinski definition) is 1. The van der Waals surface area contributed by atoms with Gasteiger partial charge in [0.15, 0.2) is 5.41 Å². The number of nitriles is 3. The predicted octanol–water partition coefficient (Wildman–Crippen LogP) is 4.79. The van der Waals surface area contributed by atoms with Gasteiger partial charge in [0, 0.05) is 11.5 Å². The minimum atomic E-state index is -4.48. The van der Waals surface area contributed by atoms with E-state index in [1.165, 1.54) is 7.11 Å². The molecule has 0 saturated heterocycles. The second-order valence-electron chi connectivity index (χ2n) is 7.91. The summed E-state index contributed by atoms with van der Waals surface area (Å²) in [6.07, 6.45) is -0.373. The summed E-state index contributed by atoms with van der Waals surface area (Å²) in [4.78, 5) is 0. The number of hydrogen-bond acceptors (Lipinski definition) is 6. The molecule has 1 fully saturated rings. The predicted molar refractivity (Wildman–Crippen MR) is 107 cm³/mol. The number of alkyl halides is 3. The number of nitrogens with one attached hydrogen (secondary N) is 1. The van der Waals surface area contributed by atoms with E-state index in [9.17, 15) is 29.0 Å². The van der Waals surface area contributed by atoms with Gasteiger partial charge in [-0.25, -0.2) is 0 Å². The number of ether oxygens (including phenoxy) is 2. The highest BCUT2D eigenvalue weighted by Crippen LogP contribution is 2.55. The highest BCUT2D eigenvalue weighted by atomic mass is 19.4. The summed E-state index contributed by atoms with van der Waals surface area (Å²) < 4.78 is 47.6. The smallest absolute Gasteiger partial charge is 0.411 e. The number of benzene rings is 1. The van der Waals surface area contributed by atoms with E-state index >= 15 is 0 Å². The Bertz CT molecular complexity index is 1040. The molecule has 1 saturated carbocycles. The lowest BCUT2D eigenvalue weighted by molar-refractivity contribution is -0.176. The van der Waals surface area contributed by atoms with Crippen molar-refractivity contribution < 1.29 is 22.6 Å². The molecule has 0 heterocycles. The van der Waals surface area contributed by atoms with Crippen LogP contribution in [0.2, 0.25) is 0 Å². The molecule has 9 heteroatoms. The number of nitrogens with zero attached hydrogens (tertiary/aromatic N) is 3. The van der Waals surface area contributed by atoms with Crippen LogP contribution in [-0.2, 0) is 11.3 Å². The van der Waals surface area contributed by atoms with Crippen molar-refractivity contribution in [3.8, 4) is 24.0 Å². The zero-order valence-corrected chi connectivity index (χ0v) is 17.4. The molecule has 3 rings (SSSR count). The molecule has 32 heavy (non-hydrogen) atoms. The van der Waals surface area contributed by atoms with Gasteiger partial charge in [0.05, 0.1) is 37.6 Å². The van der Waals surface area contributed by atoms with Crippen LogP contribution in [0.5, 0.6) is 5.75 Å². The van der Waals surface area contributed by atoms with Gasteiger partial charge >= 0.3 is 6.18 Å². The lowest BCUT2D eigenvalue weighted by Crippen LogP contribution is -2.48. The standard InChI is InChI=1S/C23H21F3N4O2/c1-31-19-7-6-14(8-15(19)10-32-13-23(24,25)26)20-17-5-3-2-4-16(17)18(9-27)21(30)22(20,11-28)12-29/h4,6-8,17-18,20,30H,2-3,5,10,13H2,1H3/t17-,18-,20-/m0/s1. The van der Waals surface area contributed by atoms with Crippen LogP contribution in [0, 0.1) is 56.7 Å². The third-order valence-electron chi connectivity index (χ3n) is 6.11. The summed E-state index contributed by atoms with van der Waals surface area (Å²) in [5.74, 6) is -1.67. The Morgan fingerprint density at radius 2 is 1.94 bits per heavy atom. The Hall–Kier alpha value is -3.35. The number of fused-ring (bicyclic) bond motifs is 1. The first-order chi connectivity index (χ1) is 15.2. The monoisotopic (exact) mass is 442 g/mol. The fraction of sp³-hybridized carbons (Fsp3) is 0.478. The van der Waals surface area contributed by atoms with E-state index in [0.717, 1.165) is 18.4 Å². The number of allylic oxidation sites excluding steroid dienone is 2. The average molecular weight is 442 g/mol. The van der Waals surface area contributed by atoms with Crippen molar-refractivity contribution >= 4 is 5.71 Å². The van der Waals surface area contributed by atoms with E-state index in [0.29, 0.717) is 23.3 Å². The fourth-order valence-electron chi connectivity index (χ4n) is 4.77. The van der Waals surface area contributed by atoms with Gasteiger partial charge in [-0.05, 0) is 48.4 Å². The van der Waals surface area contributed by atoms with Crippen LogP contribution in [0.4, 0.5) is 13.2 Å². The lowest BCUT2D eigenvalue weighted by atomic mass is 9.53. The van der Waals surface area contributed by atoms with Crippen LogP contribution in [-0.4, -0.2) is 25.6 Å². The third kappa shape index (κ3) is 4.07. The van der Waals surface area contributed by atoms with Crippen LogP contribution in [0.15, 0.2) is 29.8 Å². The van der Waals surface area contributed by atoms with E-state index in [2.05, 4.69) is 6.07 Å². The van der Waals surface area contributed by atoms with Gasteiger partial charge in [-0.1, -0.05) is 12.1 Å². The van der Waals surface area contributed by atoms with Crippen molar-refractivity contribution in [3.63, 3.8) is 0 Å². The van der Waals surface area contributed by atoms with Crippen LogP contribution >= 0.6 is 0 Å². The van der Waals surface area contributed by atoms with Crippen molar-refractivity contribution in [2.45, 2.75) is 38.0 Å². The maximum Gasteiger partial charge on any atom is 0.411 e. The molecule has 2 aliphatic carbocycles. The van der Waals surface area contributed by atoms with Crippen molar-refractivity contribution in [2.75, 3.05) is 13.7 Å². The van der Waals surface area contributed by atoms with E-state index in [-0.39, 0.29) is 18.2 Å². The first-order valence-corrected chi connectivity index (χ1v) is 10.0. The first kappa shape index (κ1) is 23.3. The SMILES string of the molecule is COc1ccc([C@H]2[C@H]3CCCC=C3[C@H](C#N)C(=N)C2(C#N)C#N)cc1COCC(F)(F)F. The largest absolute Gasteiger partial charge is 0.496 e. The third-order valence-corrected chi connectivity index (χ3v) is 6.11. The molecule has 166 valence electrons. The van der Waals surface area contributed by atoms with E-state index in [1.54, 1.807) is 18.2 Å². The molecule has 0 aromatic heterocycles. The molecule has 0 radical (unpaired) electrons. The summed E-state index contributed by atoms with van der Waals surface area (Å²) in [5.41, 5.74) is -0.517. The quantitative estimate of drug-likeness (QED) is 0.659. The van der Waals surface area contributed by atoms with Crippen molar-refractivity contribution in [1.82, 2.24) is 0 Å². The molecular formula is C23H21F3N4O2. The Labute approximate surface area is 184 Å².